The van der Waals surface area contributed by atoms with Crippen LogP contribution in [0.3, 0.4) is 0 Å². The van der Waals surface area contributed by atoms with Gasteiger partial charge in [0.05, 0.1) is 11.9 Å². The van der Waals surface area contributed by atoms with Gasteiger partial charge in [0.25, 0.3) is 0 Å². The molecule has 0 aliphatic carbocycles. The van der Waals surface area contributed by atoms with Crippen LogP contribution >= 0.6 is 0 Å². The molecule has 3 aromatic carbocycles. The zero-order chi connectivity index (χ0) is 28.6. The van der Waals surface area contributed by atoms with Gasteiger partial charge >= 0.3 is 0 Å². The lowest BCUT2D eigenvalue weighted by atomic mass is 10.0. The van der Waals surface area contributed by atoms with Crippen molar-refractivity contribution in [3.63, 3.8) is 0 Å². The minimum absolute atomic E-state index is 0.127. The second-order valence-electron chi connectivity index (χ2n) is 9.09. The summed E-state index contributed by atoms with van der Waals surface area (Å²) in [7, 11) is -3.99. The Morgan fingerprint density at radius 2 is 1.62 bits per heavy atom. The second kappa shape index (κ2) is 13.1. The minimum Gasteiger partial charge on any atom is -0.355 e. The summed E-state index contributed by atoms with van der Waals surface area (Å²) >= 11 is 0. The molecule has 1 N–H and O–H groups in total. The molecule has 0 heterocycles. The molecule has 0 aliphatic heterocycles. The van der Waals surface area contributed by atoms with Crippen molar-refractivity contribution in [3.8, 4) is 0 Å². The molecule has 10 heteroatoms. The van der Waals surface area contributed by atoms with Crippen molar-refractivity contribution in [1.29, 1.82) is 0 Å². The number of likely N-dealkylation sites (N-methyl/N-ethyl adjacent to an activating group) is 1. The number of nitrogens with zero attached hydrogens (tertiary/aromatic N) is 2. The maximum atomic E-state index is 14.7. The summed E-state index contributed by atoms with van der Waals surface area (Å²) in [6, 6.07) is 19.9. The molecule has 206 valence electrons. The first-order valence-corrected chi connectivity index (χ1v) is 14.3. The first kappa shape index (κ1) is 29.5. The lowest BCUT2D eigenvalue weighted by molar-refractivity contribution is -0.140. The molecule has 0 bridgehead atoms. The Hall–Kier alpha value is -4.05. The number of carbonyl (C=O) groups is 3. The molecule has 0 radical (unpaired) electrons. The number of carbonyl (C=O) groups excluding carboxylic acids is 3. The predicted octanol–water partition coefficient (Wildman–Crippen LogP) is 3.57. The smallest absolute Gasteiger partial charge is 0.244 e. The van der Waals surface area contributed by atoms with Crippen molar-refractivity contribution >= 4 is 33.3 Å². The highest BCUT2D eigenvalue weighted by atomic mass is 32.2. The average molecular weight is 554 g/mol. The van der Waals surface area contributed by atoms with Crippen molar-refractivity contribution in [3.05, 3.63) is 101 Å². The third kappa shape index (κ3) is 7.97. The van der Waals surface area contributed by atoms with Gasteiger partial charge in [0.2, 0.25) is 21.8 Å². The van der Waals surface area contributed by atoms with Gasteiger partial charge in [-0.3, -0.25) is 18.7 Å². The SMILES string of the molecule is CCNC(=O)[C@@H](Cc1ccccc1)N(Cc1ccccc1F)C(=O)CN(c1cccc(C(C)=O)c1)S(C)(=O)=O. The van der Waals surface area contributed by atoms with Gasteiger partial charge in [-0.05, 0) is 37.6 Å². The van der Waals surface area contributed by atoms with E-state index in [1.807, 2.05) is 18.2 Å². The van der Waals surface area contributed by atoms with Gasteiger partial charge in [0.15, 0.2) is 5.78 Å². The topological polar surface area (TPSA) is 104 Å². The van der Waals surface area contributed by atoms with Crippen LogP contribution < -0.4 is 9.62 Å². The molecule has 0 aliphatic rings. The third-order valence-electron chi connectivity index (χ3n) is 6.14. The molecule has 0 saturated heterocycles. The molecule has 3 aromatic rings. The van der Waals surface area contributed by atoms with Gasteiger partial charge in [0, 0.05) is 30.6 Å². The van der Waals surface area contributed by atoms with Crippen LogP contribution in [-0.2, 0) is 32.6 Å². The molecule has 3 rings (SSSR count). The van der Waals surface area contributed by atoms with Crippen LogP contribution in [0.25, 0.3) is 0 Å². The zero-order valence-electron chi connectivity index (χ0n) is 22.1. The molecular formula is C29H32FN3O5S. The molecule has 0 saturated carbocycles. The van der Waals surface area contributed by atoms with Crippen molar-refractivity contribution in [2.75, 3.05) is 23.7 Å². The highest BCUT2D eigenvalue weighted by Gasteiger charge is 2.33. The highest BCUT2D eigenvalue weighted by molar-refractivity contribution is 7.92. The number of amides is 2. The van der Waals surface area contributed by atoms with E-state index in [1.165, 1.54) is 48.2 Å². The summed E-state index contributed by atoms with van der Waals surface area (Å²) in [6.45, 7) is 2.49. The van der Waals surface area contributed by atoms with E-state index < -0.39 is 40.2 Å². The number of benzene rings is 3. The predicted molar refractivity (Wildman–Crippen MR) is 148 cm³/mol. The molecule has 0 spiro atoms. The number of sulfonamides is 1. The van der Waals surface area contributed by atoms with Gasteiger partial charge in [-0.2, -0.15) is 0 Å². The van der Waals surface area contributed by atoms with Crippen molar-refractivity contribution in [1.82, 2.24) is 10.2 Å². The molecule has 39 heavy (non-hydrogen) atoms. The Morgan fingerprint density at radius 1 is 0.949 bits per heavy atom. The Morgan fingerprint density at radius 3 is 2.23 bits per heavy atom. The van der Waals surface area contributed by atoms with Gasteiger partial charge < -0.3 is 10.2 Å². The van der Waals surface area contributed by atoms with Gasteiger partial charge in [-0.1, -0.05) is 60.7 Å². The van der Waals surface area contributed by atoms with Crippen LogP contribution in [-0.4, -0.2) is 56.3 Å². The number of nitrogens with one attached hydrogen (secondary N) is 1. The quantitative estimate of drug-likeness (QED) is 0.346. The van der Waals surface area contributed by atoms with Crippen molar-refractivity contribution in [2.45, 2.75) is 32.9 Å². The Labute approximate surface area is 228 Å². The largest absolute Gasteiger partial charge is 0.355 e. The van der Waals surface area contributed by atoms with Gasteiger partial charge in [-0.15, -0.1) is 0 Å². The van der Waals surface area contributed by atoms with Crippen LogP contribution in [0.1, 0.15) is 35.3 Å². The lowest BCUT2D eigenvalue weighted by Gasteiger charge is -2.33. The molecule has 8 nitrogen and oxygen atoms in total. The van der Waals surface area contributed by atoms with E-state index in [2.05, 4.69) is 5.32 Å². The summed E-state index contributed by atoms with van der Waals surface area (Å²) in [6.07, 6.45) is 1.08. The summed E-state index contributed by atoms with van der Waals surface area (Å²) in [4.78, 5) is 40.3. The molecular weight excluding hydrogens is 521 g/mol. The molecule has 0 unspecified atom stereocenters. The van der Waals surface area contributed by atoms with E-state index in [0.717, 1.165) is 16.1 Å². The number of hydrogen-bond acceptors (Lipinski definition) is 5. The zero-order valence-corrected chi connectivity index (χ0v) is 22.9. The molecule has 2 amide bonds. The highest BCUT2D eigenvalue weighted by Crippen LogP contribution is 2.22. The monoisotopic (exact) mass is 553 g/mol. The number of ketones is 1. The van der Waals surface area contributed by atoms with Crippen LogP contribution in [0.5, 0.6) is 0 Å². The van der Waals surface area contributed by atoms with Gasteiger partial charge in [-0.25, -0.2) is 12.8 Å². The normalized spacial score (nSPS) is 11.9. The second-order valence-corrected chi connectivity index (χ2v) is 11.0. The fourth-order valence-electron chi connectivity index (χ4n) is 4.15. The van der Waals surface area contributed by atoms with E-state index >= 15 is 0 Å². The number of anilines is 1. The summed E-state index contributed by atoms with van der Waals surface area (Å²) < 4.78 is 41.2. The number of Topliss-reactive ketones (excluding diaryl/α,β-unsaturated/α-hetero) is 1. The number of halogens is 1. The third-order valence-corrected chi connectivity index (χ3v) is 7.28. The summed E-state index contributed by atoms with van der Waals surface area (Å²) in [5, 5.41) is 2.74. The molecule has 0 aromatic heterocycles. The maximum Gasteiger partial charge on any atom is 0.244 e. The first-order valence-electron chi connectivity index (χ1n) is 12.4. The van der Waals surface area contributed by atoms with Gasteiger partial charge in [0.1, 0.15) is 18.4 Å². The van der Waals surface area contributed by atoms with E-state index in [-0.39, 0.29) is 35.6 Å². The van der Waals surface area contributed by atoms with E-state index in [9.17, 15) is 27.2 Å². The summed E-state index contributed by atoms with van der Waals surface area (Å²) in [5.74, 6) is -1.98. The standard InChI is InChI=1S/C29H32FN3O5S/c1-4-31-29(36)27(17-22-11-6-5-7-12-22)32(19-24-13-8-9-16-26(24)30)28(35)20-33(39(3,37)38)25-15-10-14-23(18-25)21(2)34/h5-16,18,27H,4,17,19-20H2,1-3H3,(H,31,36)/t27-/m1/s1. The van der Waals surface area contributed by atoms with Crippen molar-refractivity contribution < 1.29 is 27.2 Å². The fourth-order valence-corrected chi connectivity index (χ4v) is 4.99. The Kier molecular flexibility index (Phi) is 9.95. The number of rotatable bonds is 12. The Bertz CT molecular complexity index is 1430. The van der Waals surface area contributed by atoms with E-state index in [4.69, 9.17) is 0 Å². The summed E-state index contributed by atoms with van der Waals surface area (Å²) in [5.41, 5.74) is 1.36. The van der Waals surface area contributed by atoms with Crippen LogP contribution in [0.2, 0.25) is 0 Å². The first-order chi connectivity index (χ1) is 18.5. The lowest BCUT2D eigenvalue weighted by Crippen LogP contribution is -2.53. The van der Waals surface area contributed by atoms with E-state index in [0.29, 0.717) is 6.54 Å². The minimum atomic E-state index is -3.99. The molecule has 1 atom stereocenters. The van der Waals surface area contributed by atoms with E-state index in [1.54, 1.807) is 31.2 Å². The maximum absolute atomic E-state index is 14.7. The average Bonchev–Trinajstić information content (AvgIpc) is 2.90. The molecule has 0 fully saturated rings. The number of hydrogen-bond donors (Lipinski definition) is 1. The van der Waals surface area contributed by atoms with Crippen LogP contribution in [0.4, 0.5) is 10.1 Å². The fraction of sp³-hybridized carbons (Fsp3) is 0.276. The van der Waals surface area contributed by atoms with Crippen LogP contribution in [0, 0.1) is 5.82 Å². The van der Waals surface area contributed by atoms with Crippen molar-refractivity contribution in [2.24, 2.45) is 0 Å². The Balaban J connectivity index is 2.07. The van der Waals surface area contributed by atoms with Crippen LogP contribution in [0.15, 0.2) is 78.9 Å².